The third-order valence-corrected chi connectivity index (χ3v) is 7.30. The van der Waals surface area contributed by atoms with E-state index in [1.807, 2.05) is 54.6 Å². The molecular formula is C28H38N6O3. The molecule has 1 aromatic heterocycles. The van der Waals surface area contributed by atoms with Gasteiger partial charge in [-0.25, -0.2) is 14.0 Å². The van der Waals surface area contributed by atoms with Crippen molar-refractivity contribution in [3.63, 3.8) is 0 Å². The summed E-state index contributed by atoms with van der Waals surface area (Å²) >= 11 is 0. The Morgan fingerprint density at radius 1 is 0.919 bits per heavy atom. The van der Waals surface area contributed by atoms with Crippen LogP contribution in [0.2, 0.25) is 0 Å². The van der Waals surface area contributed by atoms with Gasteiger partial charge in [-0.3, -0.25) is 9.80 Å². The standard InChI is InChI=1S/C28H38N6O3/c35-28-33(26-8-6-25(7-9-26)29-12-15-32-16-19-36-20-17-32)23-30-34(28)22-24-10-13-31(14-11-24)18-21-37-27-4-2-1-3-5-27/h1-9,23-24,29H,10-22H2. The third-order valence-electron chi connectivity index (χ3n) is 7.30. The maximum absolute atomic E-state index is 13.0. The average Bonchev–Trinajstić information content (AvgIpc) is 3.31. The quantitative estimate of drug-likeness (QED) is 0.428. The van der Waals surface area contributed by atoms with Crippen LogP contribution in [0, 0.1) is 5.92 Å². The number of nitrogens with one attached hydrogen (secondary N) is 1. The Labute approximate surface area is 218 Å². The fourth-order valence-electron chi connectivity index (χ4n) is 5.01. The minimum Gasteiger partial charge on any atom is -0.492 e. The molecule has 9 heteroatoms. The molecule has 2 aromatic carbocycles. The third kappa shape index (κ3) is 7.21. The predicted octanol–water partition coefficient (Wildman–Crippen LogP) is 2.57. The predicted molar refractivity (Wildman–Crippen MR) is 145 cm³/mol. The van der Waals surface area contributed by atoms with Gasteiger partial charge in [0.2, 0.25) is 0 Å². The molecule has 0 unspecified atom stereocenters. The second-order valence-electron chi connectivity index (χ2n) is 9.84. The van der Waals surface area contributed by atoms with E-state index in [4.69, 9.17) is 9.47 Å². The largest absolute Gasteiger partial charge is 0.492 e. The van der Waals surface area contributed by atoms with Crippen molar-refractivity contribution in [1.82, 2.24) is 24.1 Å². The Balaban J connectivity index is 1.05. The highest BCUT2D eigenvalue weighted by Gasteiger charge is 2.21. The number of para-hydroxylation sites is 1. The van der Waals surface area contributed by atoms with Gasteiger partial charge in [0.15, 0.2) is 0 Å². The number of anilines is 1. The van der Waals surface area contributed by atoms with Crippen molar-refractivity contribution in [2.45, 2.75) is 19.4 Å². The van der Waals surface area contributed by atoms with Crippen LogP contribution in [0.4, 0.5) is 5.69 Å². The fourth-order valence-corrected chi connectivity index (χ4v) is 5.01. The summed E-state index contributed by atoms with van der Waals surface area (Å²) < 4.78 is 14.5. The normalized spacial score (nSPS) is 17.6. The Hall–Kier alpha value is -3.14. The van der Waals surface area contributed by atoms with Crippen LogP contribution in [0.15, 0.2) is 65.7 Å². The number of hydrogen-bond donors (Lipinski definition) is 1. The van der Waals surface area contributed by atoms with Crippen LogP contribution >= 0.6 is 0 Å². The van der Waals surface area contributed by atoms with E-state index in [2.05, 4.69) is 20.2 Å². The van der Waals surface area contributed by atoms with E-state index in [0.29, 0.717) is 19.1 Å². The molecule has 3 heterocycles. The minimum absolute atomic E-state index is 0.0771. The summed E-state index contributed by atoms with van der Waals surface area (Å²) in [5.74, 6) is 1.38. The molecule has 2 aliphatic heterocycles. The second-order valence-corrected chi connectivity index (χ2v) is 9.84. The van der Waals surface area contributed by atoms with Crippen molar-refractivity contribution in [3.05, 3.63) is 71.4 Å². The van der Waals surface area contributed by atoms with Crippen LogP contribution in [0.25, 0.3) is 5.69 Å². The molecule has 2 fully saturated rings. The summed E-state index contributed by atoms with van der Waals surface area (Å²) in [6.45, 7) is 9.86. The van der Waals surface area contributed by atoms with E-state index in [9.17, 15) is 4.79 Å². The number of morpholine rings is 1. The zero-order chi connectivity index (χ0) is 25.3. The highest BCUT2D eigenvalue weighted by Crippen LogP contribution is 2.19. The molecule has 2 aliphatic rings. The number of rotatable bonds is 11. The van der Waals surface area contributed by atoms with Crippen LogP contribution in [0.3, 0.4) is 0 Å². The molecule has 0 saturated carbocycles. The monoisotopic (exact) mass is 506 g/mol. The lowest BCUT2D eigenvalue weighted by Gasteiger charge is -2.31. The Morgan fingerprint density at radius 3 is 2.41 bits per heavy atom. The van der Waals surface area contributed by atoms with Crippen molar-refractivity contribution in [3.8, 4) is 11.4 Å². The molecule has 198 valence electrons. The number of piperidine rings is 1. The average molecular weight is 507 g/mol. The van der Waals surface area contributed by atoms with Gasteiger partial charge in [0.25, 0.3) is 0 Å². The van der Waals surface area contributed by atoms with Crippen molar-refractivity contribution in [2.75, 3.05) is 71.0 Å². The van der Waals surface area contributed by atoms with Gasteiger partial charge in [0.1, 0.15) is 18.7 Å². The molecule has 2 saturated heterocycles. The summed E-state index contributed by atoms with van der Waals surface area (Å²) in [6.07, 6.45) is 3.77. The van der Waals surface area contributed by atoms with Gasteiger partial charge in [-0.15, -0.1) is 0 Å². The first-order chi connectivity index (χ1) is 18.2. The summed E-state index contributed by atoms with van der Waals surface area (Å²) in [5, 5.41) is 7.88. The lowest BCUT2D eigenvalue weighted by molar-refractivity contribution is 0.0398. The molecule has 3 aromatic rings. The number of ether oxygens (including phenoxy) is 2. The minimum atomic E-state index is -0.0771. The van der Waals surface area contributed by atoms with Gasteiger partial charge in [0, 0.05) is 45.0 Å². The fraction of sp³-hybridized carbons (Fsp3) is 0.500. The van der Waals surface area contributed by atoms with E-state index in [0.717, 1.165) is 89.0 Å². The molecule has 9 nitrogen and oxygen atoms in total. The first kappa shape index (κ1) is 25.5. The topological polar surface area (TPSA) is 76.8 Å². The number of likely N-dealkylation sites (tertiary alicyclic amines) is 1. The van der Waals surface area contributed by atoms with Crippen LogP contribution in [0.5, 0.6) is 5.75 Å². The van der Waals surface area contributed by atoms with Crippen LogP contribution in [-0.2, 0) is 11.3 Å². The Bertz CT molecular complexity index is 1130. The van der Waals surface area contributed by atoms with E-state index in [1.165, 1.54) is 0 Å². The first-order valence-electron chi connectivity index (χ1n) is 13.4. The number of hydrogen-bond acceptors (Lipinski definition) is 7. The van der Waals surface area contributed by atoms with Gasteiger partial charge in [0.05, 0.1) is 18.9 Å². The Kier molecular flexibility index (Phi) is 8.89. The lowest BCUT2D eigenvalue weighted by atomic mass is 9.97. The molecule has 0 amide bonds. The van der Waals surface area contributed by atoms with Crippen LogP contribution < -0.4 is 15.7 Å². The van der Waals surface area contributed by atoms with E-state index >= 15 is 0 Å². The molecule has 5 rings (SSSR count). The maximum Gasteiger partial charge on any atom is 0.350 e. The molecule has 37 heavy (non-hydrogen) atoms. The SMILES string of the molecule is O=c1n(-c2ccc(NCCN3CCOCC3)cc2)cnn1CC1CCN(CCOc2ccccc2)CC1. The highest BCUT2D eigenvalue weighted by atomic mass is 16.5. The summed E-state index contributed by atoms with van der Waals surface area (Å²) in [5.41, 5.74) is 1.81. The smallest absolute Gasteiger partial charge is 0.350 e. The van der Waals surface area contributed by atoms with Gasteiger partial charge in [-0.1, -0.05) is 18.2 Å². The van der Waals surface area contributed by atoms with Crippen LogP contribution in [0.1, 0.15) is 12.8 Å². The van der Waals surface area contributed by atoms with E-state index in [-0.39, 0.29) is 5.69 Å². The second kappa shape index (κ2) is 12.9. The molecule has 0 aliphatic carbocycles. The zero-order valence-electron chi connectivity index (χ0n) is 21.5. The molecule has 0 bridgehead atoms. The van der Waals surface area contributed by atoms with Gasteiger partial charge in [-0.05, 0) is 68.2 Å². The highest BCUT2D eigenvalue weighted by molar-refractivity contribution is 5.48. The molecule has 0 spiro atoms. The molecule has 1 N–H and O–H groups in total. The molecule has 0 radical (unpaired) electrons. The maximum atomic E-state index is 13.0. The zero-order valence-corrected chi connectivity index (χ0v) is 21.5. The van der Waals surface area contributed by atoms with Gasteiger partial charge in [-0.2, -0.15) is 5.10 Å². The summed E-state index contributed by atoms with van der Waals surface area (Å²) in [4.78, 5) is 17.9. The number of nitrogens with zero attached hydrogens (tertiary/aromatic N) is 5. The first-order valence-corrected chi connectivity index (χ1v) is 13.4. The van der Waals surface area contributed by atoms with Crippen molar-refractivity contribution in [1.29, 1.82) is 0 Å². The van der Waals surface area contributed by atoms with Gasteiger partial charge >= 0.3 is 5.69 Å². The number of benzene rings is 2. The van der Waals surface area contributed by atoms with Crippen molar-refractivity contribution >= 4 is 5.69 Å². The van der Waals surface area contributed by atoms with Crippen molar-refractivity contribution < 1.29 is 9.47 Å². The van der Waals surface area contributed by atoms with Crippen molar-refractivity contribution in [2.24, 2.45) is 5.92 Å². The molecule has 0 atom stereocenters. The summed E-state index contributed by atoms with van der Waals surface area (Å²) in [6, 6.07) is 17.9. The van der Waals surface area contributed by atoms with Crippen LogP contribution in [-0.4, -0.2) is 89.8 Å². The Morgan fingerprint density at radius 2 is 1.65 bits per heavy atom. The van der Waals surface area contributed by atoms with Gasteiger partial charge < -0.3 is 14.8 Å². The lowest BCUT2D eigenvalue weighted by Crippen LogP contribution is -2.39. The van der Waals surface area contributed by atoms with E-state index < -0.39 is 0 Å². The number of aromatic nitrogens is 3. The molecular weight excluding hydrogens is 468 g/mol. The van der Waals surface area contributed by atoms with E-state index in [1.54, 1.807) is 15.6 Å². The summed E-state index contributed by atoms with van der Waals surface area (Å²) in [7, 11) is 0.